The van der Waals surface area contributed by atoms with Gasteiger partial charge in [0.05, 0.1) is 10.0 Å². The summed E-state index contributed by atoms with van der Waals surface area (Å²) in [6.45, 7) is 1.79. The Bertz CT molecular complexity index is 763. The standard InChI is InChI=1S/C16H10BrNO2/c1-9-7-8-11-14(18-9)16(20)13(17)12(15(11)19)10-5-3-2-4-6-10/h2-8H,1H3. The molecule has 1 aromatic heterocycles. The monoisotopic (exact) mass is 327 g/mol. The number of hydrogen-bond acceptors (Lipinski definition) is 3. The van der Waals surface area contributed by atoms with Crippen LogP contribution in [0, 0.1) is 6.92 Å². The van der Waals surface area contributed by atoms with E-state index in [9.17, 15) is 9.59 Å². The largest absolute Gasteiger partial charge is 0.288 e. The molecule has 0 aliphatic heterocycles. The van der Waals surface area contributed by atoms with Crippen molar-refractivity contribution in [2.24, 2.45) is 0 Å². The molecule has 1 aliphatic carbocycles. The second kappa shape index (κ2) is 4.80. The number of nitrogens with zero attached hydrogens (tertiary/aromatic N) is 1. The van der Waals surface area contributed by atoms with Crippen molar-refractivity contribution >= 4 is 33.1 Å². The van der Waals surface area contributed by atoms with Crippen molar-refractivity contribution in [3.05, 3.63) is 69.5 Å². The predicted octanol–water partition coefficient (Wildman–Crippen LogP) is 3.58. The number of pyridine rings is 1. The van der Waals surface area contributed by atoms with Crippen LogP contribution in [0.2, 0.25) is 0 Å². The molecule has 1 aliphatic rings. The molecule has 2 aromatic rings. The fraction of sp³-hybridized carbons (Fsp3) is 0.0625. The quantitative estimate of drug-likeness (QED) is 0.804. The first-order valence-electron chi connectivity index (χ1n) is 6.12. The van der Waals surface area contributed by atoms with E-state index in [4.69, 9.17) is 0 Å². The highest BCUT2D eigenvalue weighted by Crippen LogP contribution is 2.34. The molecule has 0 radical (unpaired) electrons. The number of carbonyl (C=O) groups excluding carboxylic acids is 2. The number of allylic oxidation sites excluding steroid dienone is 2. The van der Waals surface area contributed by atoms with Gasteiger partial charge in [-0.2, -0.15) is 0 Å². The summed E-state index contributed by atoms with van der Waals surface area (Å²) in [5, 5.41) is 0. The molecule has 0 bridgehead atoms. The minimum atomic E-state index is -0.248. The Morgan fingerprint density at radius 2 is 1.65 bits per heavy atom. The number of Topliss-reactive ketones (excluding diaryl/α,β-unsaturated/α-hetero) is 2. The van der Waals surface area contributed by atoms with Gasteiger partial charge in [0.2, 0.25) is 5.78 Å². The van der Waals surface area contributed by atoms with E-state index in [0.29, 0.717) is 16.8 Å². The first-order valence-corrected chi connectivity index (χ1v) is 6.91. The van der Waals surface area contributed by atoms with Crippen LogP contribution in [0.3, 0.4) is 0 Å². The molecule has 0 spiro atoms. The Kier molecular flexibility index (Phi) is 3.10. The van der Waals surface area contributed by atoms with Crippen molar-refractivity contribution in [1.29, 1.82) is 0 Å². The van der Waals surface area contributed by atoms with Crippen molar-refractivity contribution in [2.75, 3.05) is 0 Å². The van der Waals surface area contributed by atoms with Crippen molar-refractivity contribution in [2.45, 2.75) is 6.92 Å². The first-order chi connectivity index (χ1) is 9.59. The normalized spacial score (nSPS) is 14.5. The minimum Gasteiger partial charge on any atom is -0.288 e. The van der Waals surface area contributed by atoms with Crippen LogP contribution in [-0.2, 0) is 0 Å². The molecule has 3 rings (SSSR count). The van der Waals surface area contributed by atoms with Gasteiger partial charge in [-0.15, -0.1) is 0 Å². The molecule has 0 saturated heterocycles. The lowest BCUT2D eigenvalue weighted by Crippen LogP contribution is -2.21. The van der Waals surface area contributed by atoms with E-state index in [2.05, 4.69) is 20.9 Å². The maximum Gasteiger partial charge on any atom is 0.219 e. The minimum absolute atomic E-state index is 0.176. The number of hydrogen-bond donors (Lipinski definition) is 0. The molecule has 0 amide bonds. The molecule has 4 heteroatoms. The fourth-order valence-corrected chi connectivity index (χ4v) is 2.82. The zero-order valence-corrected chi connectivity index (χ0v) is 12.3. The SMILES string of the molecule is Cc1ccc2c(n1)C(=O)C(Br)=C(c1ccccc1)C2=O. The fourth-order valence-electron chi connectivity index (χ4n) is 2.23. The lowest BCUT2D eigenvalue weighted by Gasteiger charge is -2.17. The van der Waals surface area contributed by atoms with E-state index < -0.39 is 0 Å². The van der Waals surface area contributed by atoms with Gasteiger partial charge in [-0.1, -0.05) is 30.3 Å². The third-order valence-corrected chi connectivity index (χ3v) is 3.96. The van der Waals surface area contributed by atoms with Gasteiger partial charge in [0.15, 0.2) is 5.78 Å². The zero-order valence-electron chi connectivity index (χ0n) is 10.7. The topological polar surface area (TPSA) is 47.0 Å². The number of benzene rings is 1. The van der Waals surface area contributed by atoms with Gasteiger partial charge in [0, 0.05) is 11.3 Å². The maximum absolute atomic E-state index is 12.6. The Morgan fingerprint density at radius 1 is 0.950 bits per heavy atom. The van der Waals surface area contributed by atoms with Crippen LogP contribution in [0.4, 0.5) is 0 Å². The molecule has 98 valence electrons. The summed E-state index contributed by atoms with van der Waals surface area (Å²) in [5.74, 6) is -0.424. The first kappa shape index (κ1) is 12.9. The van der Waals surface area contributed by atoms with E-state index >= 15 is 0 Å². The molecule has 1 heterocycles. The van der Waals surface area contributed by atoms with Crippen LogP contribution >= 0.6 is 15.9 Å². The summed E-state index contributed by atoms with van der Waals surface area (Å²) in [6.07, 6.45) is 0. The maximum atomic E-state index is 12.6. The van der Waals surface area contributed by atoms with E-state index in [1.54, 1.807) is 19.1 Å². The van der Waals surface area contributed by atoms with Gasteiger partial charge in [-0.05, 0) is 40.5 Å². The van der Waals surface area contributed by atoms with Gasteiger partial charge in [0.25, 0.3) is 0 Å². The number of ketones is 2. The summed E-state index contributed by atoms with van der Waals surface area (Å²) < 4.78 is 0.277. The summed E-state index contributed by atoms with van der Waals surface area (Å²) in [4.78, 5) is 29.2. The second-order valence-electron chi connectivity index (χ2n) is 4.56. The van der Waals surface area contributed by atoms with Gasteiger partial charge < -0.3 is 0 Å². The lowest BCUT2D eigenvalue weighted by molar-refractivity contribution is 0.0995. The molecule has 0 unspecified atom stereocenters. The number of halogens is 1. The predicted molar refractivity (Wildman–Crippen MR) is 79.9 cm³/mol. The van der Waals surface area contributed by atoms with Crippen molar-refractivity contribution in [3.8, 4) is 0 Å². The summed E-state index contributed by atoms with van der Waals surface area (Å²) in [6, 6.07) is 12.6. The lowest BCUT2D eigenvalue weighted by atomic mass is 9.89. The molecule has 20 heavy (non-hydrogen) atoms. The summed E-state index contributed by atoms with van der Waals surface area (Å²) in [7, 11) is 0. The number of aromatic nitrogens is 1. The molecule has 1 aromatic carbocycles. The molecule has 0 fully saturated rings. The van der Waals surface area contributed by atoms with Gasteiger partial charge in [-0.25, -0.2) is 4.98 Å². The van der Waals surface area contributed by atoms with Crippen LogP contribution in [0.1, 0.15) is 32.1 Å². The Labute approximate surface area is 124 Å². The highest BCUT2D eigenvalue weighted by atomic mass is 79.9. The van der Waals surface area contributed by atoms with Gasteiger partial charge >= 0.3 is 0 Å². The molecular weight excluding hydrogens is 318 g/mol. The number of rotatable bonds is 1. The van der Waals surface area contributed by atoms with E-state index in [0.717, 1.165) is 5.56 Å². The average Bonchev–Trinajstić information content (AvgIpc) is 2.46. The van der Waals surface area contributed by atoms with Crippen LogP contribution in [0.25, 0.3) is 5.57 Å². The van der Waals surface area contributed by atoms with Crippen molar-refractivity contribution in [3.63, 3.8) is 0 Å². The van der Waals surface area contributed by atoms with Crippen LogP contribution < -0.4 is 0 Å². The Balaban J connectivity index is 2.24. The van der Waals surface area contributed by atoms with E-state index in [1.165, 1.54) is 0 Å². The third kappa shape index (κ3) is 1.93. The van der Waals surface area contributed by atoms with Crippen molar-refractivity contribution in [1.82, 2.24) is 4.98 Å². The summed E-state index contributed by atoms with van der Waals surface area (Å²) in [5.41, 5.74) is 2.43. The highest BCUT2D eigenvalue weighted by molar-refractivity contribution is 9.12. The van der Waals surface area contributed by atoms with Gasteiger partial charge in [-0.3, -0.25) is 9.59 Å². The van der Waals surface area contributed by atoms with Crippen LogP contribution in [-0.4, -0.2) is 16.6 Å². The molecule has 0 N–H and O–H groups in total. The molecule has 3 nitrogen and oxygen atoms in total. The highest BCUT2D eigenvalue weighted by Gasteiger charge is 2.32. The van der Waals surface area contributed by atoms with Gasteiger partial charge in [0.1, 0.15) is 5.69 Å². The van der Waals surface area contributed by atoms with E-state index in [-0.39, 0.29) is 21.7 Å². The smallest absolute Gasteiger partial charge is 0.219 e. The van der Waals surface area contributed by atoms with Crippen LogP contribution in [0.15, 0.2) is 46.9 Å². The molecule has 0 atom stereocenters. The Hall–Kier alpha value is -2.07. The summed E-state index contributed by atoms with van der Waals surface area (Å²) >= 11 is 3.26. The zero-order chi connectivity index (χ0) is 14.3. The third-order valence-electron chi connectivity index (χ3n) is 3.20. The average molecular weight is 328 g/mol. The second-order valence-corrected chi connectivity index (χ2v) is 5.36. The van der Waals surface area contributed by atoms with Crippen molar-refractivity contribution < 1.29 is 9.59 Å². The number of fused-ring (bicyclic) bond motifs is 1. The Morgan fingerprint density at radius 3 is 2.35 bits per heavy atom. The van der Waals surface area contributed by atoms with Crippen LogP contribution in [0.5, 0.6) is 0 Å². The number of carbonyl (C=O) groups is 2. The number of aryl methyl sites for hydroxylation is 1. The van der Waals surface area contributed by atoms with E-state index in [1.807, 2.05) is 30.3 Å². The molecular formula is C16H10BrNO2. The molecule has 0 saturated carbocycles.